The van der Waals surface area contributed by atoms with Gasteiger partial charge in [0.25, 0.3) is 0 Å². The standard InChI is InChI=1S/C25H19ClFN3O2/c1-31-22-11-18-21(12-23(22)32-2)30(13-16-5-3-4-6-20(16)27)14-19-24(28-29-25(18)19)15-7-9-17(26)10-8-15/h3-12,14H,13H2,1-2H3. The Kier molecular flexibility index (Phi) is 5.15. The van der Waals surface area contributed by atoms with Crippen molar-refractivity contribution in [3.05, 3.63) is 83.3 Å². The Bertz CT molecular complexity index is 1400. The number of benzene rings is 3. The molecule has 7 heteroatoms. The molecule has 5 rings (SSSR count). The van der Waals surface area contributed by atoms with Crippen molar-refractivity contribution in [3.63, 3.8) is 0 Å². The normalized spacial score (nSPS) is 11.2. The summed E-state index contributed by atoms with van der Waals surface area (Å²) in [5, 5.41) is 10.4. The number of pyridine rings is 1. The summed E-state index contributed by atoms with van der Waals surface area (Å²) in [6, 6.07) is 18.0. The van der Waals surface area contributed by atoms with Crippen LogP contribution in [-0.2, 0) is 6.54 Å². The van der Waals surface area contributed by atoms with Gasteiger partial charge in [-0.1, -0.05) is 41.9 Å². The highest BCUT2D eigenvalue weighted by atomic mass is 35.5. The number of methoxy groups -OCH3 is 2. The number of fused-ring (bicyclic) bond motifs is 3. The summed E-state index contributed by atoms with van der Waals surface area (Å²) in [5.41, 5.74) is 4.62. The lowest BCUT2D eigenvalue weighted by Gasteiger charge is -2.18. The lowest BCUT2D eigenvalue weighted by Crippen LogP contribution is -2.06. The zero-order valence-corrected chi connectivity index (χ0v) is 18.2. The van der Waals surface area contributed by atoms with Crippen molar-refractivity contribution in [2.24, 2.45) is 0 Å². The second-order valence-electron chi connectivity index (χ2n) is 7.39. The first kappa shape index (κ1) is 20.3. The van der Waals surface area contributed by atoms with Crippen molar-refractivity contribution in [1.82, 2.24) is 14.8 Å². The molecule has 0 radical (unpaired) electrons. The van der Waals surface area contributed by atoms with E-state index < -0.39 is 0 Å². The molecule has 0 N–H and O–H groups in total. The molecular formula is C25H19ClFN3O2. The smallest absolute Gasteiger partial charge is 0.162 e. The van der Waals surface area contributed by atoms with Crippen LogP contribution in [0.3, 0.4) is 0 Å². The Hall–Kier alpha value is -3.64. The maximum absolute atomic E-state index is 14.5. The van der Waals surface area contributed by atoms with Gasteiger partial charge in [-0.25, -0.2) is 4.39 Å². The van der Waals surface area contributed by atoms with E-state index >= 15 is 0 Å². The average Bonchev–Trinajstić information content (AvgIpc) is 3.24. The Morgan fingerprint density at radius 2 is 1.59 bits per heavy atom. The van der Waals surface area contributed by atoms with Crippen LogP contribution in [0.5, 0.6) is 11.5 Å². The Morgan fingerprint density at radius 3 is 2.31 bits per heavy atom. The molecule has 0 aromatic heterocycles. The quantitative estimate of drug-likeness (QED) is 0.328. The van der Waals surface area contributed by atoms with Crippen LogP contribution in [0.4, 0.5) is 4.39 Å². The van der Waals surface area contributed by atoms with Gasteiger partial charge < -0.3 is 14.0 Å². The van der Waals surface area contributed by atoms with Crippen molar-refractivity contribution >= 4 is 22.5 Å². The summed E-state index contributed by atoms with van der Waals surface area (Å²) < 4.78 is 27.5. The fraction of sp³-hybridized carbons (Fsp3) is 0.120. The molecule has 2 aliphatic rings. The second-order valence-corrected chi connectivity index (χ2v) is 7.83. The van der Waals surface area contributed by atoms with Crippen molar-refractivity contribution in [1.29, 1.82) is 0 Å². The van der Waals surface area contributed by atoms with Gasteiger partial charge in [0.2, 0.25) is 0 Å². The Labute approximate surface area is 189 Å². The van der Waals surface area contributed by atoms with Crippen molar-refractivity contribution in [2.45, 2.75) is 6.54 Å². The highest BCUT2D eigenvalue weighted by Crippen LogP contribution is 2.41. The number of aromatic nitrogens is 3. The number of hydrogen-bond acceptors (Lipinski definition) is 4. The van der Waals surface area contributed by atoms with Crippen LogP contribution in [0.25, 0.3) is 33.4 Å². The summed E-state index contributed by atoms with van der Waals surface area (Å²) >= 11 is 6.06. The van der Waals surface area contributed by atoms with Gasteiger partial charge in [0, 0.05) is 39.4 Å². The van der Waals surface area contributed by atoms with Gasteiger partial charge >= 0.3 is 0 Å². The topological polar surface area (TPSA) is 49.2 Å². The Morgan fingerprint density at radius 1 is 0.906 bits per heavy atom. The molecule has 0 saturated heterocycles. The monoisotopic (exact) mass is 447 g/mol. The van der Waals surface area contributed by atoms with Gasteiger partial charge in [0.15, 0.2) is 11.5 Å². The Balaban J connectivity index is 1.79. The lowest BCUT2D eigenvalue weighted by atomic mass is 10.0. The first-order chi connectivity index (χ1) is 15.6. The second kappa shape index (κ2) is 8.13. The predicted molar refractivity (Wildman–Crippen MR) is 123 cm³/mol. The zero-order chi connectivity index (χ0) is 22.2. The summed E-state index contributed by atoms with van der Waals surface area (Å²) in [4.78, 5) is 0. The van der Waals surface area contributed by atoms with Crippen LogP contribution < -0.4 is 9.47 Å². The minimum atomic E-state index is -0.259. The molecule has 5 nitrogen and oxygen atoms in total. The first-order valence-electron chi connectivity index (χ1n) is 9.99. The molecule has 0 amide bonds. The number of halogens is 2. The van der Waals surface area contributed by atoms with E-state index in [0.29, 0.717) is 28.6 Å². The molecule has 32 heavy (non-hydrogen) atoms. The van der Waals surface area contributed by atoms with E-state index in [1.165, 1.54) is 6.07 Å². The van der Waals surface area contributed by atoms with Gasteiger partial charge in [-0.15, -0.1) is 10.2 Å². The molecular weight excluding hydrogens is 429 g/mol. The van der Waals surface area contributed by atoms with Gasteiger partial charge in [-0.2, -0.15) is 0 Å². The number of nitrogens with zero attached hydrogens (tertiary/aromatic N) is 3. The molecule has 0 fully saturated rings. The van der Waals surface area contributed by atoms with E-state index in [1.54, 1.807) is 26.4 Å². The first-order valence-corrected chi connectivity index (χ1v) is 10.4. The van der Waals surface area contributed by atoms with E-state index in [1.807, 2.05) is 53.2 Å². The summed E-state index contributed by atoms with van der Waals surface area (Å²) in [5.74, 6) is 0.908. The molecule has 160 valence electrons. The van der Waals surface area contributed by atoms with Gasteiger partial charge in [-0.05, 0) is 24.3 Å². The van der Waals surface area contributed by atoms with Crippen LogP contribution >= 0.6 is 11.6 Å². The summed E-state index contributed by atoms with van der Waals surface area (Å²) in [6.45, 7) is 0.333. The van der Waals surface area contributed by atoms with Crippen LogP contribution in [0, 0.1) is 5.82 Å². The van der Waals surface area contributed by atoms with Crippen molar-refractivity contribution < 1.29 is 13.9 Å². The minimum absolute atomic E-state index is 0.259. The minimum Gasteiger partial charge on any atom is -0.493 e. The highest BCUT2D eigenvalue weighted by Gasteiger charge is 2.22. The summed E-state index contributed by atoms with van der Waals surface area (Å²) in [6.07, 6.45) is 1.96. The molecule has 0 aliphatic carbocycles. The molecule has 0 bridgehead atoms. The highest BCUT2D eigenvalue weighted by molar-refractivity contribution is 6.30. The van der Waals surface area contributed by atoms with Crippen LogP contribution in [-0.4, -0.2) is 29.0 Å². The van der Waals surface area contributed by atoms with Gasteiger partial charge in [-0.3, -0.25) is 0 Å². The molecule has 2 aliphatic heterocycles. The summed E-state index contributed by atoms with van der Waals surface area (Å²) in [7, 11) is 3.18. The molecule has 3 aromatic carbocycles. The maximum atomic E-state index is 14.5. The van der Waals surface area contributed by atoms with Gasteiger partial charge in [0.1, 0.15) is 17.2 Å². The third kappa shape index (κ3) is 3.42. The van der Waals surface area contributed by atoms with E-state index in [-0.39, 0.29) is 5.82 Å². The number of rotatable bonds is 5. The molecule has 2 heterocycles. The maximum Gasteiger partial charge on any atom is 0.162 e. The fourth-order valence-corrected chi connectivity index (χ4v) is 4.05. The third-order valence-electron chi connectivity index (χ3n) is 5.53. The van der Waals surface area contributed by atoms with Crippen molar-refractivity contribution in [3.8, 4) is 34.0 Å². The zero-order valence-electron chi connectivity index (χ0n) is 17.5. The number of hydrogen-bond donors (Lipinski definition) is 0. The van der Waals surface area contributed by atoms with E-state index in [9.17, 15) is 4.39 Å². The van der Waals surface area contributed by atoms with E-state index in [4.69, 9.17) is 21.1 Å². The molecule has 0 spiro atoms. The SMILES string of the molecule is COc1cc2c3nnc(-c4ccc(Cl)cc4)c-3cn(Cc3ccccc3F)c2cc1OC. The number of ether oxygens (including phenoxy) is 2. The molecule has 0 atom stereocenters. The largest absolute Gasteiger partial charge is 0.493 e. The van der Waals surface area contributed by atoms with Crippen LogP contribution in [0.2, 0.25) is 5.02 Å². The molecule has 0 unspecified atom stereocenters. The predicted octanol–water partition coefficient (Wildman–Crippen LogP) is 6.06. The third-order valence-corrected chi connectivity index (χ3v) is 5.78. The molecule has 0 saturated carbocycles. The van der Waals surface area contributed by atoms with E-state index in [0.717, 1.165) is 33.4 Å². The lowest BCUT2D eigenvalue weighted by molar-refractivity contribution is 0.355. The van der Waals surface area contributed by atoms with Crippen molar-refractivity contribution in [2.75, 3.05) is 14.2 Å². The average molecular weight is 448 g/mol. The van der Waals surface area contributed by atoms with E-state index in [2.05, 4.69) is 10.2 Å². The fourth-order valence-electron chi connectivity index (χ4n) is 3.92. The van der Waals surface area contributed by atoms with Gasteiger partial charge in [0.05, 0.1) is 26.3 Å². The van der Waals surface area contributed by atoms with Crippen LogP contribution in [0.15, 0.2) is 66.9 Å². The molecule has 3 aromatic rings. The van der Waals surface area contributed by atoms with Crippen LogP contribution in [0.1, 0.15) is 5.56 Å².